The van der Waals surface area contributed by atoms with E-state index in [9.17, 15) is 10.1 Å². The summed E-state index contributed by atoms with van der Waals surface area (Å²) in [4.78, 5) is 19.9. The molecule has 1 amide bonds. The maximum atomic E-state index is 12.3. The zero-order chi connectivity index (χ0) is 24.9. The lowest BCUT2D eigenvalue weighted by Crippen LogP contribution is -2.20. The third-order valence-electron chi connectivity index (χ3n) is 4.88. The number of para-hydroxylation sites is 2. The number of methoxy groups -OCH3 is 1. The van der Waals surface area contributed by atoms with E-state index >= 15 is 0 Å². The van der Waals surface area contributed by atoms with Crippen molar-refractivity contribution < 1.29 is 14.3 Å². The summed E-state index contributed by atoms with van der Waals surface area (Å²) < 4.78 is 11.0. The van der Waals surface area contributed by atoms with E-state index in [2.05, 4.69) is 21.4 Å². The highest BCUT2D eigenvalue weighted by Gasteiger charge is 2.15. The minimum Gasteiger partial charge on any atom is -0.493 e. The summed E-state index contributed by atoms with van der Waals surface area (Å²) in [6.45, 7) is -0.325. The Bertz CT molecular complexity index is 1460. The van der Waals surface area contributed by atoms with E-state index in [-0.39, 0.29) is 17.4 Å². The van der Waals surface area contributed by atoms with Crippen LogP contribution in [0.2, 0.25) is 15.1 Å². The molecule has 7 nitrogen and oxygen atoms in total. The third kappa shape index (κ3) is 5.69. The lowest BCUT2D eigenvalue weighted by atomic mass is 10.1. The molecule has 0 radical (unpaired) electrons. The van der Waals surface area contributed by atoms with Gasteiger partial charge in [-0.1, -0.05) is 46.9 Å². The number of H-pyrrole nitrogens is 1. The molecule has 4 aromatic rings. The first kappa shape index (κ1) is 24.4. The summed E-state index contributed by atoms with van der Waals surface area (Å²) in [5, 5.41) is 13.3. The van der Waals surface area contributed by atoms with Crippen LogP contribution in [0.3, 0.4) is 0 Å². The van der Waals surface area contributed by atoms with E-state index in [1.54, 1.807) is 30.3 Å². The predicted octanol–water partition coefficient (Wildman–Crippen LogP) is 6.61. The van der Waals surface area contributed by atoms with Crippen LogP contribution in [-0.4, -0.2) is 29.6 Å². The fourth-order valence-corrected chi connectivity index (χ4v) is 3.84. The lowest BCUT2D eigenvalue weighted by Gasteiger charge is -2.13. The zero-order valence-electron chi connectivity index (χ0n) is 18.2. The van der Waals surface area contributed by atoms with Gasteiger partial charge >= 0.3 is 0 Å². The van der Waals surface area contributed by atoms with E-state index in [0.717, 1.165) is 11.0 Å². The summed E-state index contributed by atoms with van der Waals surface area (Å²) >= 11 is 18.3. The molecule has 3 aromatic carbocycles. The van der Waals surface area contributed by atoms with Gasteiger partial charge in [0, 0.05) is 5.69 Å². The molecule has 35 heavy (non-hydrogen) atoms. The number of fused-ring (bicyclic) bond motifs is 1. The second kappa shape index (κ2) is 10.7. The highest BCUT2D eigenvalue weighted by atomic mass is 35.5. The van der Waals surface area contributed by atoms with Crippen LogP contribution in [0.4, 0.5) is 5.69 Å². The Kier molecular flexibility index (Phi) is 7.47. The smallest absolute Gasteiger partial charge is 0.262 e. The van der Waals surface area contributed by atoms with Gasteiger partial charge in [0.15, 0.2) is 18.1 Å². The van der Waals surface area contributed by atoms with Crippen molar-refractivity contribution in [1.29, 1.82) is 5.26 Å². The number of allylic oxidation sites excluding steroid dienone is 1. The van der Waals surface area contributed by atoms with Gasteiger partial charge in [-0.05, 0) is 54.1 Å². The van der Waals surface area contributed by atoms with Gasteiger partial charge in [0.1, 0.15) is 11.9 Å². The van der Waals surface area contributed by atoms with Crippen LogP contribution in [0.5, 0.6) is 11.5 Å². The van der Waals surface area contributed by atoms with Gasteiger partial charge in [0.2, 0.25) is 0 Å². The number of nitriles is 1. The van der Waals surface area contributed by atoms with Crippen molar-refractivity contribution in [1.82, 2.24) is 9.97 Å². The zero-order valence-corrected chi connectivity index (χ0v) is 20.5. The number of carbonyl (C=O) groups is 1. The molecule has 0 aliphatic carbocycles. The van der Waals surface area contributed by atoms with Crippen LogP contribution < -0.4 is 14.8 Å². The van der Waals surface area contributed by atoms with Gasteiger partial charge in [-0.25, -0.2) is 4.98 Å². The monoisotopic (exact) mass is 526 g/mol. The summed E-state index contributed by atoms with van der Waals surface area (Å²) in [5.41, 5.74) is 2.95. The van der Waals surface area contributed by atoms with Crippen LogP contribution in [-0.2, 0) is 4.79 Å². The second-order valence-electron chi connectivity index (χ2n) is 7.27. The maximum absolute atomic E-state index is 12.3. The number of hydrogen-bond donors (Lipinski definition) is 2. The Labute approximate surface area is 215 Å². The van der Waals surface area contributed by atoms with Crippen LogP contribution >= 0.6 is 34.8 Å². The molecule has 0 saturated heterocycles. The summed E-state index contributed by atoms with van der Waals surface area (Å²) in [6.07, 6.45) is 1.63. The largest absolute Gasteiger partial charge is 0.493 e. The number of nitrogens with zero attached hydrogens (tertiary/aromatic N) is 2. The highest BCUT2D eigenvalue weighted by Crippen LogP contribution is 2.37. The maximum Gasteiger partial charge on any atom is 0.262 e. The van der Waals surface area contributed by atoms with Gasteiger partial charge in [0.05, 0.1) is 38.8 Å². The van der Waals surface area contributed by atoms with E-state index in [4.69, 9.17) is 44.3 Å². The number of aromatic nitrogens is 2. The van der Waals surface area contributed by atoms with Crippen LogP contribution in [0.1, 0.15) is 11.4 Å². The van der Waals surface area contributed by atoms with Gasteiger partial charge in [-0.15, -0.1) is 0 Å². The average Bonchev–Trinajstić information content (AvgIpc) is 3.28. The molecule has 10 heteroatoms. The fraction of sp³-hybridized carbons (Fsp3) is 0.0800. The number of carbonyl (C=O) groups excluding carboxylic acids is 1. The topological polar surface area (TPSA) is 100 Å². The summed E-state index contributed by atoms with van der Waals surface area (Å²) in [7, 11) is 1.45. The molecule has 0 unspecified atom stereocenters. The number of amides is 1. The molecule has 0 saturated carbocycles. The number of hydrogen-bond acceptors (Lipinski definition) is 5. The van der Waals surface area contributed by atoms with Crippen molar-refractivity contribution in [2.24, 2.45) is 0 Å². The molecular weight excluding hydrogens is 511 g/mol. The number of anilines is 1. The Morgan fingerprint density at radius 2 is 1.91 bits per heavy atom. The molecule has 2 N–H and O–H groups in total. The standard InChI is InChI=1S/C25H17Cl3N4O3/c1-34-22-10-14(8-15(12-29)25-31-20-4-2-3-5-21(20)32-25)9-19(28)24(22)35-13-23(33)30-16-6-7-17(26)18(27)11-16/h2-11H,13H2,1H3,(H,30,33)(H,31,32)/b15-8+. The van der Waals surface area contributed by atoms with E-state index in [1.807, 2.05) is 24.3 Å². The summed E-state index contributed by atoms with van der Waals surface area (Å²) in [6, 6.07) is 17.6. The van der Waals surface area contributed by atoms with Crippen molar-refractivity contribution in [3.8, 4) is 17.6 Å². The van der Waals surface area contributed by atoms with Gasteiger partial charge in [-0.2, -0.15) is 5.26 Å². The van der Waals surface area contributed by atoms with Crippen molar-refractivity contribution in [2.45, 2.75) is 0 Å². The van der Waals surface area contributed by atoms with Crippen LogP contribution in [0.15, 0.2) is 54.6 Å². The normalized spacial score (nSPS) is 11.2. The molecule has 0 spiro atoms. The van der Waals surface area contributed by atoms with E-state index in [0.29, 0.717) is 38.4 Å². The fourth-order valence-electron chi connectivity index (χ4n) is 3.27. The Hall–Kier alpha value is -3.70. The Morgan fingerprint density at radius 1 is 1.11 bits per heavy atom. The minimum atomic E-state index is -0.429. The van der Waals surface area contributed by atoms with Crippen molar-refractivity contribution in [3.05, 3.63) is 81.1 Å². The molecule has 0 aliphatic rings. The van der Waals surface area contributed by atoms with Gasteiger partial charge < -0.3 is 19.8 Å². The number of imidazole rings is 1. The molecule has 1 aromatic heterocycles. The first-order valence-corrected chi connectivity index (χ1v) is 11.3. The predicted molar refractivity (Wildman–Crippen MR) is 138 cm³/mol. The SMILES string of the molecule is COc1cc(/C=C(\C#N)c2nc3ccccc3[nH]2)cc(Cl)c1OCC(=O)Nc1ccc(Cl)c(Cl)c1. The molecule has 0 atom stereocenters. The number of aromatic amines is 1. The van der Waals surface area contributed by atoms with Crippen molar-refractivity contribution in [3.63, 3.8) is 0 Å². The minimum absolute atomic E-state index is 0.192. The van der Waals surface area contributed by atoms with Crippen molar-refractivity contribution >= 4 is 69.1 Å². The Morgan fingerprint density at radius 3 is 2.63 bits per heavy atom. The first-order valence-electron chi connectivity index (χ1n) is 10.2. The lowest BCUT2D eigenvalue weighted by molar-refractivity contribution is -0.118. The molecular formula is C25H17Cl3N4O3. The van der Waals surface area contributed by atoms with Gasteiger partial charge in [-0.3, -0.25) is 4.79 Å². The molecule has 4 rings (SSSR count). The van der Waals surface area contributed by atoms with Crippen molar-refractivity contribution in [2.75, 3.05) is 19.0 Å². The van der Waals surface area contributed by atoms with Crippen LogP contribution in [0, 0.1) is 11.3 Å². The van der Waals surface area contributed by atoms with E-state index < -0.39 is 5.91 Å². The second-order valence-corrected chi connectivity index (χ2v) is 8.49. The Balaban J connectivity index is 1.52. The number of ether oxygens (including phenoxy) is 2. The molecule has 176 valence electrons. The van der Waals surface area contributed by atoms with Gasteiger partial charge in [0.25, 0.3) is 5.91 Å². The molecule has 0 aliphatic heterocycles. The molecule has 0 bridgehead atoms. The van der Waals surface area contributed by atoms with Crippen LogP contribution in [0.25, 0.3) is 22.7 Å². The number of benzene rings is 3. The number of nitrogens with one attached hydrogen (secondary N) is 2. The number of halogens is 3. The quantitative estimate of drug-likeness (QED) is 0.263. The molecule has 1 heterocycles. The first-order chi connectivity index (χ1) is 16.9. The average molecular weight is 528 g/mol. The molecule has 0 fully saturated rings. The number of rotatable bonds is 7. The summed E-state index contributed by atoms with van der Waals surface area (Å²) in [5.74, 6) is 0.496. The van der Waals surface area contributed by atoms with E-state index in [1.165, 1.54) is 13.2 Å². The highest BCUT2D eigenvalue weighted by molar-refractivity contribution is 6.42. The third-order valence-corrected chi connectivity index (χ3v) is 5.90.